The van der Waals surface area contributed by atoms with E-state index in [1.165, 1.54) is 25.1 Å². The molecule has 0 unspecified atom stereocenters. The monoisotopic (exact) mass is 486 g/mol. The van der Waals surface area contributed by atoms with Crippen LogP contribution in [-0.2, 0) is 10.0 Å². The Morgan fingerprint density at radius 2 is 1.85 bits per heavy atom. The Hall–Kier alpha value is -2.65. The Morgan fingerprint density at radius 1 is 1.15 bits per heavy atom. The van der Waals surface area contributed by atoms with E-state index in [1.807, 2.05) is 18.7 Å². The van der Waals surface area contributed by atoms with E-state index in [2.05, 4.69) is 14.6 Å². The lowest BCUT2D eigenvalue weighted by molar-refractivity contribution is 0.0697. The predicted molar refractivity (Wildman–Crippen MR) is 133 cm³/mol. The molecule has 3 heterocycles. The van der Waals surface area contributed by atoms with Gasteiger partial charge in [0.2, 0.25) is 0 Å². The van der Waals surface area contributed by atoms with Crippen molar-refractivity contribution in [3.63, 3.8) is 0 Å². The van der Waals surface area contributed by atoms with Crippen LogP contribution in [0.15, 0.2) is 41.4 Å². The van der Waals surface area contributed by atoms with Crippen molar-refractivity contribution >= 4 is 27.5 Å². The summed E-state index contributed by atoms with van der Waals surface area (Å²) in [5.74, 6) is 0.0564. The Bertz CT molecular complexity index is 1110. The number of piperidine rings is 1. The van der Waals surface area contributed by atoms with Gasteiger partial charge in [-0.1, -0.05) is 26.0 Å². The smallest absolute Gasteiger partial charge is 0.339 e. The molecule has 0 bridgehead atoms. The first-order chi connectivity index (χ1) is 16.2. The van der Waals surface area contributed by atoms with Crippen LogP contribution in [0.25, 0.3) is 0 Å². The van der Waals surface area contributed by atoms with Gasteiger partial charge in [0.05, 0.1) is 16.8 Å². The van der Waals surface area contributed by atoms with Crippen LogP contribution in [-0.4, -0.2) is 62.1 Å². The topological polar surface area (TPSA) is 103 Å². The van der Waals surface area contributed by atoms with Crippen LogP contribution in [0.3, 0.4) is 0 Å². The number of aromatic carboxylic acids is 1. The standard InChI is InChI=1S/C25H34N4O4S/c1-18(2)20-7-9-22(10-8-20)34(32,33)27-21-14-23(25(30)31)24(26-15-21)29-13-5-6-19(17-29)16-28-11-3-4-12-28/h7-10,14-15,18-19,27H,3-6,11-13,16-17H2,1-2H3,(H,30,31)/t19-/m0/s1. The number of aromatic nitrogens is 1. The fourth-order valence-corrected chi connectivity index (χ4v) is 5.94. The van der Waals surface area contributed by atoms with Crippen molar-refractivity contribution in [1.82, 2.24) is 9.88 Å². The van der Waals surface area contributed by atoms with E-state index >= 15 is 0 Å². The average Bonchev–Trinajstić information content (AvgIpc) is 3.32. The zero-order chi connectivity index (χ0) is 24.3. The summed E-state index contributed by atoms with van der Waals surface area (Å²) in [6, 6.07) is 8.07. The second kappa shape index (κ2) is 10.3. The number of carbonyl (C=O) groups is 1. The lowest BCUT2D eigenvalue weighted by Gasteiger charge is -2.36. The number of likely N-dealkylation sites (tertiary alicyclic amines) is 1. The van der Waals surface area contributed by atoms with Crippen molar-refractivity contribution in [2.24, 2.45) is 5.92 Å². The molecule has 1 atom stereocenters. The Balaban J connectivity index is 1.51. The maximum atomic E-state index is 12.9. The molecule has 0 amide bonds. The molecule has 34 heavy (non-hydrogen) atoms. The number of hydrogen-bond donors (Lipinski definition) is 2. The van der Waals surface area contributed by atoms with Gasteiger partial charge in [0, 0.05) is 19.6 Å². The van der Waals surface area contributed by atoms with Crippen LogP contribution < -0.4 is 9.62 Å². The highest BCUT2D eigenvalue weighted by molar-refractivity contribution is 7.92. The van der Waals surface area contributed by atoms with Gasteiger partial charge >= 0.3 is 5.97 Å². The van der Waals surface area contributed by atoms with Crippen LogP contribution >= 0.6 is 0 Å². The Labute approximate surface area is 202 Å². The summed E-state index contributed by atoms with van der Waals surface area (Å²) in [5.41, 5.74) is 1.19. The average molecular weight is 487 g/mol. The van der Waals surface area contributed by atoms with Gasteiger partial charge in [-0.3, -0.25) is 4.72 Å². The molecule has 1 aromatic carbocycles. The third-order valence-electron chi connectivity index (χ3n) is 6.74. The zero-order valence-electron chi connectivity index (χ0n) is 19.9. The van der Waals surface area contributed by atoms with Crippen LogP contribution in [0.2, 0.25) is 0 Å². The Morgan fingerprint density at radius 3 is 2.50 bits per heavy atom. The molecule has 0 radical (unpaired) electrons. The molecule has 2 saturated heterocycles. The molecule has 2 N–H and O–H groups in total. The number of nitrogens with one attached hydrogen (secondary N) is 1. The minimum absolute atomic E-state index is 0.0113. The number of anilines is 2. The molecular formula is C25H34N4O4S. The molecule has 8 nitrogen and oxygen atoms in total. The first kappa shape index (κ1) is 24.5. The highest BCUT2D eigenvalue weighted by atomic mass is 32.2. The van der Waals surface area contributed by atoms with Gasteiger partial charge in [-0.25, -0.2) is 18.2 Å². The normalized spacial score (nSPS) is 19.5. The third-order valence-corrected chi connectivity index (χ3v) is 8.14. The summed E-state index contributed by atoms with van der Waals surface area (Å²) in [7, 11) is -3.86. The quantitative estimate of drug-likeness (QED) is 0.581. The third kappa shape index (κ3) is 5.70. The molecule has 184 valence electrons. The van der Waals surface area contributed by atoms with E-state index in [4.69, 9.17) is 0 Å². The number of rotatable bonds is 8. The molecule has 2 aliphatic rings. The maximum absolute atomic E-state index is 12.9. The number of sulfonamides is 1. The van der Waals surface area contributed by atoms with Crippen LogP contribution in [0.5, 0.6) is 0 Å². The molecule has 2 aliphatic heterocycles. The van der Waals surface area contributed by atoms with E-state index in [9.17, 15) is 18.3 Å². The van der Waals surface area contributed by atoms with E-state index in [-0.39, 0.29) is 16.1 Å². The molecule has 0 saturated carbocycles. The molecule has 0 spiro atoms. The van der Waals surface area contributed by atoms with Crippen molar-refractivity contribution in [1.29, 1.82) is 0 Å². The molecule has 9 heteroatoms. The predicted octanol–water partition coefficient (Wildman–Crippen LogP) is 4.02. The highest BCUT2D eigenvalue weighted by Gasteiger charge is 2.27. The number of pyridine rings is 1. The number of carboxylic acid groups (broad SMARTS) is 1. The fraction of sp³-hybridized carbons (Fsp3) is 0.520. The van der Waals surface area contributed by atoms with Gasteiger partial charge in [0.1, 0.15) is 11.4 Å². The number of nitrogens with zero attached hydrogens (tertiary/aromatic N) is 3. The molecule has 2 aromatic rings. The molecule has 0 aliphatic carbocycles. The van der Waals surface area contributed by atoms with Crippen LogP contribution in [0.1, 0.15) is 61.4 Å². The summed E-state index contributed by atoms with van der Waals surface area (Å²) in [4.78, 5) is 21.1. The molecular weight excluding hydrogens is 452 g/mol. The van der Waals surface area contributed by atoms with Gasteiger partial charge in [0.25, 0.3) is 10.0 Å². The van der Waals surface area contributed by atoms with Gasteiger partial charge in [-0.2, -0.15) is 0 Å². The van der Waals surface area contributed by atoms with Crippen LogP contribution in [0.4, 0.5) is 11.5 Å². The van der Waals surface area contributed by atoms with E-state index in [0.717, 1.165) is 51.1 Å². The fourth-order valence-electron chi connectivity index (χ4n) is 4.91. The number of hydrogen-bond acceptors (Lipinski definition) is 6. The van der Waals surface area contributed by atoms with Crippen molar-refractivity contribution < 1.29 is 18.3 Å². The van der Waals surface area contributed by atoms with E-state index in [1.54, 1.807) is 24.3 Å². The first-order valence-electron chi connectivity index (χ1n) is 12.1. The molecule has 2 fully saturated rings. The summed E-state index contributed by atoms with van der Waals surface area (Å²) in [5, 5.41) is 9.86. The second-order valence-corrected chi connectivity index (χ2v) is 11.4. The lowest BCUT2D eigenvalue weighted by Crippen LogP contribution is -2.41. The lowest BCUT2D eigenvalue weighted by atomic mass is 9.97. The largest absolute Gasteiger partial charge is 0.478 e. The summed E-state index contributed by atoms with van der Waals surface area (Å²) < 4.78 is 28.2. The van der Waals surface area contributed by atoms with Crippen molar-refractivity contribution in [3.8, 4) is 0 Å². The van der Waals surface area contributed by atoms with Crippen molar-refractivity contribution in [2.75, 3.05) is 42.3 Å². The summed E-state index contributed by atoms with van der Waals surface area (Å²) in [6.45, 7) is 8.91. The SMILES string of the molecule is CC(C)c1ccc(S(=O)(=O)Nc2cnc(N3CCC[C@@H](CN4CCCC4)C3)c(C(=O)O)c2)cc1. The summed E-state index contributed by atoms with van der Waals surface area (Å²) >= 11 is 0. The van der Waals surface area contributed by atoms with Crippen molar-refractivity contribution in [2.45, 2.75) is 50.3 Å². The van der Waals surface area contributed by atoms with Gasteiger partial charge in [0.15, 0.2) is 0 Å². The van der Waals surface area contributed by atoms with Crippen molar-refractivity contribution in [3.05, 3.63) is 47.7 Å². The molecule has 1 aromatic heterocycles. The van der Waals surface area contributed by atoms with Crippen LogP contribution in [0, 0.1) is 5.92 Å². The minimum atomic E-state index is -3.86. The van der Waals surface area contributed by atoms with E-state index < -0.39 is 16.0 Å². The zero-order valence-corrected chi connectivity index (χ0v) is 20.7. The summed E-state index contributed by atoms with van der Waals surface area (Å²) in [6.07, 6.45) is 6.02. The van der Waals surface area contributed by atoms with Gasteiger partial charge in [-0.15, -0.1) is 0 Å². The van der Waals surface area contributed by atoms with Gasteiger partial charge in [-0.05, 0) is 74.4 Å². The van der Waals surface area contributed by atoms with Gasteiger partial charge < -0.3 is 14.9 Å². The minimum Gasteiger partial charge on any atom is -0.478 e. The maximum Gasteiger partial charge on any atom is 0.339 e. The highest BCUT2D eigenvalue weighted by Crippen LogP contribution is 2.28. The number of carboxylic acids is 1. The van der Waals surface area contributed by atoms with E-state index in [0.29, 0.717) is 17.7 Å². The number of benzene rings is 1. The first-order valence-corrected chi connectivity index (χ1v) is 13.5. The molecule has 4 rings (SSSR count). The second-order valence-electron chi connectivity index (χ2n) is 9.69. The Kier molecular flexibility index (Phi) is 7.42.